The highest BCUT2D eigenvalue weighted by molar-refractivity contribution is 6.25. The van der Waals surface area contributed by atoms with E-state index in [0.717, 1.165) is 35.3 Å². The van der Waals surface area contributed by atoms with E-state index in [1.54, 1.807) is 6.08 Å². The predicted molar refractivity (Wildman–Crippen MR) is 83.1 cm³/mol. The quantitative estimate of drug-likeness (QED) is 0.664. The Morgan fingerprint density at radius 3 is 2.32 bits per heavy atom. The van der Waals surface area contributed by atoms with Crippen molar-refractivity contribution in [1.29, 1.82) is 0 Å². The molecule has 1 heterocycles. The topological polar surface area (TPSA) is 67.4 Å². The largest absolute Gasteiger partial charge is 0.490 e. The zero-order valence-corrected chi connectivity index (χ0v) is 12.9. The summed E-state index contributed by atoms with van der Waals surface area (Å²) >= 11 is 0. The molecule has 116 valence electrons. The molecule has 1 aliphatic carbocycles. The van der Waals surface area contributed by atoms with Crippen molar-refractivity contribution in [3.8, 4) is 5.75 Å². The SMILES string of the molecule is Cc1c(C=C2C(=O)NNC2=O)ccc(OC2CCCC2)c1C. The van der Waals surface area contributed by atoms with Gasteiger partial charge in [-0.1, -0.05) is 6.07 Å². The van der Waals surface area contributed by atoms with Crippen LogP contribution in [0.2, 0.25) is 0 Å². The van der Waals surface area contributed by atoms with Crippen molar-refractivity contribution in [2.75, 3.05) is 0 Å². The lowest BCUT2D eigenvalue weighted by molar-refractivity contribution is -0.117. The van der Waals surface area contributed by atoms with Crippen molar-refractivity contribution in [1.82, 2.24) is 10.9 Å². The fourth-order valence-electron chi connectivity index (χ4n) is 2.92. The molecule has 3 rings (SSSR count). The number of rotatable bonds is 3. The van der Waals surface area contributed by atoms with Crippen molar-refractivity contribution in [3.05, 3.63) is 34.4 Å². The summed E-state index contributed by atoms with van der Waals surface area (Å²) in [5.74, 6) is 0.105. The predicted octanol–water partition coefficient (Wildman–Crippen LogP) is 2.17. The fourth-order valence-corrected chi connectivity index (χ4v) is 2.92. The zero-order valence-electron chi connectivity index (χ0n) is 12.9. The second-order valence-corrected chi connectivity index (χ2v) is 5.89. The van der Waals surface area contributed by atoms with Gasteiger partial charge < -0.3 is 4.74 Å². The third-order valence-corrected chi connectivity index (χ3v) is 4.45. The van der Waals surface area contributed by atoms with Crippen LogP contribution in [0.3, 0.4) is 0 Å². The van der Waals surface area contributed by atoms with E-state index in [2.05, 4.69) is 10.9 Å². The fraction of sp³-hybridized carbons (Fsp3) is 0.412. The summed E-state index contributed by atoms with van der Waals surface area (Å²) in [6.45, 7) is 3.99. The summed E-state index contributed by atoms with van der Waals surface area (Å²) in [6, 6.07) is 3.83. The molecule has 22 heavy (non-hydrogen) atoms. The Morgan fingerprint density at radius 1 is 1.05 bits per heavy atom. The van der Waals surface area contributed by atoms with Crippen LogP contribution in [0.15, 0.2) is 17.7 Å². The lowest BCUT2D eigenvalue weighted by Crippen LogP contribution is -2.28. The van der Waals surface area contributed by atoms with Gasteiger partial charge in [-0.25, -0.2) is 0 Å². The summed E-state index contributed by atoms with van der Waals surface area (Å²) in [5.41, 5.74) is 7.67. The Morgan fingerprint density at radius 2 is 1.68 bits per heavy atom. The van der Waals surface area contributed by atoms with E-state index in [4.69, 9.17) is 4.74 Å². The zero-order chi connectivity index (χ0) is 15.7. The third kappa shape index (κ3) is 2.71. The van der Waals surface area contributed by atoms with Crippen LogP contribution in [0.4, 0.5) is 0 Å². The highest BCUT2D eigenvalue weighted by Crippen LogP contribution is 2.30. The molecule has 0 unspecified atom stereocenters. The standard InChI is InChI=1S/C17H20N2O3/c1-10-11(2)15(22-13-5-3-4-6-13)8-7-12(10)9-14-16(20)18-19-17(14)21/h7-9,13H,3-6H2,1-2H3,(H,18,20)(H,19,21). The first-order chi connectivity index (χ1) is 10.6. The van der Waals surface area contributed by atoms with E-state index in [0.29, 0.717) is 6.10 Å². The Kier molecular flexibility index (Phi) is 3.88. The molecule has 1 aromatic rings. The highest BCUT2D eigenvalue weighted by atomic mass is 16.5. The molecule has 0 aromatic heterocycles. The molecule has 1 aromatic carbocycles. The average Bonchev–Trinajstić information content (AvgIpc) is 3.11. The van der Waals surface area contributed by atoms with Crippen molar-refractivity contribution in [3.63, 3.8) is 0 Å². The van der Waals surface area contributed by atoms with E-state index in [-0.39, 0.29) is 5.57 Å². The first-order valence-electron chi connectivity index (χ1n) is 7.65. The van der Waals surface area contributed by atoms with Gasteiger partial charge in [-0.3, -0.25) is 20.4 Å². The molecule has 2 N–H and O–H groups in total. The number of hydrazine groups is 1. The summed E-state index contributed by atoms with van der Waals surface area (Å²) in [5, 5.41) is 0. The van der Waals surface area contributed by atoms with Gasteiger partial charge >= 0.3 is 0 Å². The van der Waals surface area contributed by atoms with Gasteiger partial charge in [0.2, 0.25) is 0 Å². The first kappa shape index (κ1) is 14.6. The van der Waals surface area contributed by atoms with E-state index in [1.165, 1.54) is 12.8 Å². The summed E-state index contributed by atoms with van der Waals surface area (Å²) in [4.78, 5) is 23.2. The number of nitrogens with one attached hydrogen (secondary N) is 2. The maximum absolute atomic E-state index is 11.6. The average molecular weight is 300 g/mol. The molecule has 0 radical (unpaired) electrons. The number of ether oxygens (including phenoxy) is 1. The Bertz CT molecular complexity index is 640. The molecule has 5 nitrogen and oxygen atoms in total. The van der Waals surface area contributed by atoms with Crippen molar-refractivity contribution in [2.45, 2.75) is 45.6 Å². The number of carbonyl (C=O) groups excluding carboxylic acids is 2. The molecule has 1 saturated heterocycles. The van der Waals surface area contributed by atoms with Gasteiger partial charge in [0, 0.05) is 0 Å². The second-order valence-electron chi connectivity index (χ2n) is 5.89. The number of carbonyl (C=O) groups is 2. The van der Waals surface area contributed by atoms with Crippen LogP contribution in [-0.2, 0) is 9.59 Å². The minimum atomic E-state index is -0.395. The van der Waals surface area contributed by atoms with E-state index in [9.17, 15) is 9.59 Å². The van der Waals surface area contributed by atoms with Crippen LogP contribution in [0.5, 0.6) is 5.75 Å². The van der Waals surface area contributed by atoms with Crippen LogP contribution < -0.4 is 15.6 Å². The first-order valence-corrected chi connectivity index (χ1v) is 7.65. The molecule has 5 heteroatoms. The van der Waals surface area contributed by atoms with Gasteiger partial charge in [0.1, 0.15) is 11.3 Å². The second kappa shape index (κ2) is 5.83. The minimum absolute atomic E-state index is 0.131. The number of hydrogen-bond acceptors (Lipinski definition) is 3. The molecule has 0 spiro atoms. The minimum Gasteiger partial charge on any atom is -0.490 e. The molecule has 2 fully saturated rings. The van der Waals surface area contributed by atoms with Crippen molar-refractivity contribution in [2.24, 2.45) is 0 Å². The van der Waals surface area contributed by atoms with Gasteiger partial charge in [0.25, 0.3) is 11.8 Å². The smallest absolute Gasteiger partial charge is 0.275 e. The van der Waals surface area contributed by atoms with Gasteiger partial charge in [-0.05, 0) is 68.4 Å². The van der Waals surface area contributed by atoms with Crippen LogP contribution >= 0.6 is 0 Å². The molecule has 2 aliphatic rings. The van der Waals surface area contributed by atoms with Crippen LogP contribution in [0, 0.1) is 13.8 Å². The monoisotopic (exact) mass is 300 g/mol. The lowest BCUT2D eigenvalue weighted by atomic mass is 10.00. The van der Waals surface area contributed by atoms with E-state index < -0.39 is 11.8 Å². The van der Waals surface area contributed by atoms with Crippen LogP contribution in [0.25, 0.3) is 6.08 Å². The van der Waals surface area contributed by atoms with Crippen molar-refractivity contribution < 1.29 is 14.3 Å². The number of hydrogen-bond donors (Lipinski definition) is 2. The van der Waals surface area contributed by atoms with Crippen LogP contribution in [0.1, 0.15) is 42.4 Å². The van der Waals surface area contributed by atoms with Crippen molar-refractivity contribution >= 4 is 17.9 Å². The molecular weight excluding hydrogens is 280 g/mol. The Labute approximate surface area is 129 Å². The lowest BCUT2D eigenvalue weighted by Gasteiger charge is -2.17. The maximum atomic E-state index is 11.6. The molecular formula is C17H20N2O3. The van der Waals surface area contributed by atoms with Gasteiger partial charge in [-0.2, -0.15) is 0 Å². The molecule has 0 atom stereocenters. The van der Waals surface area contributed by atoms with E-state index in [1.807, 2.05) is 26.0 Å². The number of benzene rings is 1. The summed E-state index contributed by atoms with van der Waals surface area (Å²) in [7, 11) is 0. The van der Waals surface area contributed by atoms with Gasteiger partial charge in [-0.15, -0.1) is 0 Å². The summed E-state index contributed by atoms with van der Waals surface area (Å²) < 4.78 is 6.07. The highest BCUT2D eigenvalue weighted by Gasteiger charge is 2.25. The Hall–Kier alpha value is -2.30. The maximum Gasteiger partial charge on any atom is 0.275 e. The molecule has 1 aliphatic heterocycles. The van der Waals surface area contributed by atoms with Crippen LogP contribution in [-0.4, -0.2) is 17.9 Å². The number of amides is 2. The molecule has 0 bridgehead atoms. The van der Waals surface area contributed by atoms with Gasteiger partial charge in [0.15, 0.2) is 0 Å². The Balaban J connectivity index is 1.87. The van der Waals surface area contributed by atoms with E-state index >= 15 is 0 Å². The van der Waals surface area contributed by atoms with Gasteiger partial charge in [0.05, 0.1) is 6.10 Å². The molecule has 2 amide bonds. The third-order valence-electron chi connectivity index (χ3n) is 4.45. The molecule has 1 saturated carbocycles. The normalized spacial score (nSPS) is 18.4. The summed E-state index contributed by atoms with van der Waals surface area (Å²) in [6.07, 6.45) is 6.64.